The van der Waals surface area contributed by atoms with Crippen molar-refractivity contribution in [2.45, 2.75) is 38.1 Å². The summed E-state index contributed by atoms with van der Waals surface area (Å²) >= 11 is 0. The molecule has 2 unspecified atom stereocenters. The molecule has 1 amide bonds. The summed E-state index contributed by atoms with van der Waals surface area (Å²) in [5, 5.41) is 12.1. The van der Waals surface area contributed by atoms with E-state index in [9.17, 15) is 19.5 Å². The lowest BCUT2D eigenvalue weighted by Gasteiger charge is -2.39. The van der Waals surface area contributed by atoms with Crippen LogP contribution in [-0.4, -0.2) is 22.5 Å². The standard InChI is InChI=1S/C14H17NO5/c1-9-4-2-3-7-14(9,13(18)19)15-12(17)10-5-6-11(16)20-8-10/h5-6,8-9H,2-4,7H2,1H3,(H,15,17)(H,18,19). The number of carboxylic acid groups (broad SMARTS) is 1. The van der Waals surface area contributed by atoms with Gasteiger partial charge in [-0.25, -0.2) is 9.59 Å². The molecule has 1 heterocycles. The van der Waals surface area contributed by atoms with Crippen LogP contribution >= 0.6 is 0 Å². The lowest BCUT2D eigenvalue weighted by atomic mass is 9.73. The molecule has 1 aliphatic carbocycles. The Kier molecular flexibility index (Phi) is 3.92. The van der Waals surface area contributed by atoms with Crippen molar-refractivity contribution in [2.24, 2.45) is 5.92 Å². The van der Waals surface area contributed by atoms with Gasteiger partial charge in [0.05, 0.1) is 5.56 Å². The van der Waals surface area contributed by atoms with Crippen LogP contribution in [0.25, 0.3) is 0 Å². The van der Waals surface area contributed by atoms with Crippen molar-refractivity contribution in [3.05, 3.63) is 34.4 Å². The van der Waals surface area contributed by atoms with E-state index in [1.54, 1.807) is 0 Å². The molecule has 0 bridgehead atoms. The summed E-state index contributed by atoms with van der Waals surface area (Å²) in [5.41, 5.74) is -1.66. The van der Waals surface area contributed by atoms with Crippen molar-refractivity contribution >= 4 is 11.9 Å². The summed E-state index contributed by atoms with van der Waals surface area (Å²) in [7, 11) is 0. The fraction of sp³-hybridized carbons (Fsp3) is 0.500. The average Bonchev–Trinajstić information content (AvgIpc) is 2.42. The number of nitrogens with one attached hydrogen (secondary N) is 1. The topological polar surface area (TPSA) is 96.6 Å². The summed E-state index contributed by atoms with van der Waals surface area (Å²) in [6, 6.07) is 2.46. The number of carbonyl (C=O) groups is 2. The van der Waals surface area contributed by atoms with Crippen molar-refractivity contribution in [1.82, 2.24) is 5.32 Å². The van der Waals surface area contributed by atoms with Gasteiger partial charge in [-0.15, -0.1) is 0 Å². The Hall–Kier alpha value is -2.11. The van der Waals surface area contributed by atoms with E-state index in [1.807, 2.05) is 6.92 Å². The zero-order valence-corrected chi connectivity index (χ0v) is 11.2. The molecule has 1 aromatic rings. The van der Waals surface area contributed by atoms with Crippen LogP contribution in [0.4, 0.5) is 0 Å². The number of aliphatic carboxylic acids is 1. The van der Waals surface area contributed by atoms with Gasteiger partial charge in [-0.05, 0) is 24.8 Å². The number of carboxylic acids is 1. The molecule has 6 nitrogen and oxygen atoms in total. The largest absolute Gasteiger partial charge is 0.479 e. The first-order valence-electron chi connectivity index (χ1n) is 6.60. The van der Waals surface area contributed by atoms with Crippen LogP contribution in [0.1, 0.15) is 43.0 Å². The molecule has 0 radical (unpaired) electrons. The predicted octanol–water partition coefficient (Wildman–Crippen LogP) is 1.40. The maximum Gasteiger partial charge on any atom is 0.335 e. The Balaban J connectivity index is 2.24. The number of carbonyl (C=O) groups excluding carboxylic acids is 1. The summed E-state index contributed by atoms with van der Waals surface area (Å²) < 4.78 is 4.62. The molecule has 1 aromatic heterocycles. The second-order valence-electron chi connectivity index (χ2n) is 5.22. The van der Waals surface area contributed by atoms with Gasteiger partial charge in [-0.1, -0.05) is 19.8 Å². The number of rotatable bonds is 3. The molecule has 2 N–H and O–H groups in total. The fourth-order valence-corrected chi connectivity index (χ4v) is 2.67. The van der Waals surface area contributed by atoms with Gasteiger partial charge >= 0.3 is 11.6 Å². The Labute approximate surface area is 115 Å². The zero-order valence-electron chi connectivity index (χ0n) is 11.2. The SMILES string of the molecule is CC1CCCCC1(NC(=O)c1ccc(=O)oc1)C(=O)O. The Morgan fingerprint density at radius 2 is 2.15 bits per heavy atom. The lowest BCUT2D eigenvalue weighted by Crippen LogP contribution is -2.60. The molecule has 6 heteroatoms. The molecule has 0 aliphatic heterocycles. The van der Waals surface area contributed by atoms with E-state index in [4.69, 9.17) is 0 Å². The highest BCUT2D eigenvalue weighted by atomic mass is 16.4. The van der Waals surface area contributed by atoms with Gasteiger partial charge in [-0.2, -0.15) is 0 Å². The summed E-state index contributed by atoms with van der Waals surface area (Å²) in [4.78, 5) is 34.6. The third kappa shape index (κ3) is 2.59. The molecule has 2 atom stereocenters. The number of hydrogen-bond acceptors (Lipinski definition) is 4. The third-order valence-electron chi connectivity index (χ3n) is 3.98. The maximum absolute atomic E-state index is 12.1. The first-order valence-corrected chi connectivity index (χ1v) is 6.60. The van der Waals surface area contributed by atoms with Gasteiger partial charge in [0.2, 0.25) is 0 Å². The van der Waals surface area contributed by atoms with E-state index < -0.39 is 23.0 Å². The Morgan fingerprint density at radius 1 is 1.40 bits per heavy atom. The van der Waals surface area contributed by atoms with Gasteiger partial charge < -0.3 is 14.8 Å². The Bertz CT molecular complexity index is 559. The van der Waals surface area contributed by atoms with Gasteiger partial charge in [0.15, 0.2) is 0 Å². The lowest BCUT2D eigenvalue weighted by molar-refractivity contribution is -0.148. The Morgan fingerprint density at radius 3 is 2.70 bits per heavy atom. The minimum absolute atomic E-state index is 0.142. The monoisotopic (exact) mass is 279 g/mol. The van der Waals surface area contributed by atoms with Gasteiger partial charge in [0.25, 0.3) is 5.91 Å². The van der Waals surface area contributed by atoms with Crippen LogP contribution in [0.3, 0.4) is 0 Å². The molecule has 20 heavy (non-hydrogen) atoms. The van der Waals surface area contributed by atoms with Crippen LogP contribution in [0, 0.1) is 5.92 Å². The maximum atomic E-state index is 12.1. The van der Waals surface area contributed by atoms with Crippen molar-refractivity contribution in [2.75, 3.05) is 0 Å². The number of amides is 1. The van der Waals surface area contributed by atoms with Gasteiger partial charge in [-0.3, -0.25) is 4.79 Å². The minimum atomic E-state index is -1.24. The molecule has 1 fully saturated rings. The molecule has 0 spiro atoms. The van der Waals surface area contributed by atoms with Crippen LogP contribution in [0.5, 0.6) is 0 Å². The van der Waals surface area contributed by atoms with E-state index >= 15 is 0 Å². The minimum Gasteiger partial charge on any atom is -0.479 e. The molecule has 0 aromatic carbocycles. The smallest absolute Gasteiger partial charge is 0.335 e. The van der Waals surface area contributed by atoms with Crippen molar-refractivity contribution in [3.8, 4) is 0 Å². The zero-order chi connectivity index (χ0) is 14.8. The van der Waals surface area contributed by atoms with Crippen LogP contribution in [0.15, 0.2) is 27.6 Å². The molecular weight excluding hydrogens is 262 g/mol. The number of hydrogen-bond donors (Lipinski definition) is 2. The van der Waals surface area contributed by atoms with Gasteiger partial charge in [0.1, 0.15) is 11.8 Å². The van der Waals surface area contributed by atoms with Crippen molar-refractivity contribution in [3.63, 3.8) is 0 Å². The van der Waals surface area contributed by atoms with E-state index in [-0.39, 0.29) is 11.5 Å². The summed E-state index contributed by atoms with van der Waals surface area (Å²) in [5.74, 6) is -1.70. The van der Waals surface area contributed by atoms with Crippen molar-refractivity contribution < 1.29 is 19.1 Å². The second-order valence-corrected chi connectivity index (χ2v) is 5.22. The molecule has 1 saturated carbocycles. The van der Waals surface area contributed by atoms with E-state index in [2.05, 4.69) is 9.73 Å². The summed E-state index contributed by atoms with van der Waals surface area (Å²) in [6.45, 7) is 1.83. The molecule has 108 valence electrons. The van der Waals surface area contributed by atoms with Crippen molar-refractivity contribution in [1.29, 1.82) is 0 Å². The van der Waals surface area contributed by atoms with Crippen LogP contribution < -0.4 is 10.9 Å². The molecular formula is C14H17NO5. The highest BCUT2D eigenvalue weighted by molar-refractivity contribution is 5.97. The normalized spacial score (nSPS) is 25.9. The summed E-state index contributed by atoms with van der Waals surface area (Å²) in [6.07, 6.45) is 3.94. The van der Waals surface area contributed by atoms with Gasteiger partial charge in [0, 0.05) is 6.07 Å². The molecule has 1 aliphatic rings. The quantitative estimate of drug-likeness (QED) is 0.871. The predicted molar refractivity (Wildman–Crippen MR) is 70.4 cm³/mol. The van der Waals surface area contributed by atoms with E-state index in [0.717, 1.165) is 31.6 Å². The first kappa shape index (κ1) is 14.3. The molecule has 2 rings (SSSR count). The average molecular weight is 279 g/mol. The van der Waals surface area contributed by atoms with E-state index in [0.29, 0.717) is 6.42 Å². The highest BCUT2D eigenvalue weighted by Crippen LogP contribution is 2.34. The first-order chi connectivity index (χ1) is 9.45. The van der Waals surface area contributed by atoms with Crippen LogP contribution in [0.2, 0.25) is 0 Å². The second kappa shape index (κ2) is 5.48. The fourth-order valence-electron chi connectivity index (χ4n) is 2.67. The third-order valence-corrected chi connectivity index (χ3v) is 3.98. The van der Waals surface area contributed by atoms with E-state index in [1.165, 1.54) is 6.07 Å². The van der Waals surface area contributed by atoms with Crippen LogP contribution in [-0.2, 0) is 4.79 Å². The molecule has 0 saturated heterocycles. The highest BCUT2D eigenvalue weighted by Gasteiger charge is 2.46.